The molecule has 1 heterocycles. The summed E-state index contributed by atoms with van der Waals surface area (Å²) in [4.78, 5) is 27.4. The van der Waals surface area contributed by atoms with Crippen molar-refractivity contribution >= 4 is 38.9 Å². The highest BCUT2D eigenvalue weighted by Crippen LogP contribution is 2.26. The van der Waals surface area contributed by atoms with Gasteiger partial charge in [-0.3, -0.25) is 14.9 Å². The highest BCUT2D eigenvalue weighted by atomic mass is 79.9. The Morgan fingerprint density at radius 2 is 1.77 bits per heavy atom. The fourth-order valence-electron chi connectivity index (χ4n) is 2.82. The van der Waals surface area contributed by atoms with Gasteiger partial charge in [0.1, 0.15) is 0 Å². The molecule has 0 saturated carbocycles. The number of hydrogen-bond acceptors (Lipinski definition) is 5. The van der Waals surface area contributed by atoms with Crippen LogP contribution in [0.5, 0.6) is 0 Å². The molecule has 1 aliphatic heterocycles. The zero-order valence-electron chi connectivity index (χ0n) is 14.3. The number of amides is 1. The third kappa shape index (κ3) is 4.20. The van der Waals surface area contributed by atoms with E-state index >= 15 is 0 Å². The van der Waals surface area contributed by atoms with E-state index in [-0.39, 0.29) is 17.2 Å². The molecule has 0 aliphatic carbocycles. The van der Waals surface area contributed by atoms with E-state index < -0.39 is 4.92 Å². The van der Waals surface area contributed by atoms with Crippen molar-refractivity contribution in [1.82, 2.24) is 4.90 Å². The summed E-state index contributed by atoms with van der Waals surface area (Å²) in [5.74, 6) is -0.382. The number of anilines is 2. The van der Waals surface area contributed by atoms with Crippen LogP contribution in [0.25, 0.3) is 0 Å². The Balaban J connectivity index is 1.68. The van der Waals surface area contributed by atoms with Crippen LogP contribution in [0.1, 0.15) is 10.4 Å². The predicted octanol–water partition coefficient (Wildman–Crippen LogP) is 3.36. The van der Waals surface area contributed by atoms with E-state index in [0.717, 1.165) is 31.9 Å². The van der Waals surface area contributed by atoms with E-state index in [2.05, 4.69) is 38.1 Å². The molecule has 1 aliphatic rings. The number of piperazine rings is 1. The van der Waals surface area contributed by atoms with Gasteiger partial charge in [-0.05, 0) is 59.4 Å². The van der Waals surface area contributed by atoms with Gasteiger partial charge in [0, 0.05) is 49.2 Å². The average Bonchev–Trinajstić information content (AvgIpc) is 2.63. The molecule has 8 heteroatoms. The fourth-order valence-corrected chi connectivity index (χ4v) is 3.21. The first kappa shape index (κ1) is 18.3. The predicted molar refractivity (Wildman–Crippen MR) is 105 cm³/mol. The van der Waals surface area contributed by atoms with Crippen LogP contribution in [0.15, 0.2) is 46.9 Å². The number of nitro groups is 1. The SMILES string of the molecule is CN1CCN(c2ccc(NC(=O)c3ccc(Br)c([N+](=O)[O-])c3)cc2)CC1. The maximum atomic E-state index is 12.4. The Morgan fingerprint density at radius 3 is 2.38 bits per heavy atom. The molecule has 2 aromatic carbocycles. The van der Waals surface area contributed by atoms with Crippen molar-refractivity contribution < 1.29 is 9.72 Å². The first-order chi connectivity index (χ1) is 12.4. The molecule has 0 bridgehead atoms. The smallest absolute Gasteiger partial charge is 0.284 e. The van der Waals surface area contributed by atoms with Crippen LogP contribution in [0.2, 0.25) is 0 Å². The quantitative estimate of drug-likeness (QED) is 0.608. The summed E-state index contributed by atoms with van der Waals surface area (Å²) in [5.41, 5.74) is 1.87. The Hall–Kier alpha value is -2.45. The highest BCUT2D eigenvalue weighted by Gasteiger charge is 2.17. The van der Waals surface area contributed by atoms with Crippen LogP contribution in [0.4, 0.5) is 17.1 Å². The van der Waals surface area contributed by atoms with Crippen LogP contribution in [-0.4, -0.2) is 49.0 Å². The normalized spacial score (nSPS) is 14.9. The van der Waals surface area contributed by atoms with Gasteiger partial charge < -0.3 is 15.1 Å². The summed E-state index contributed by atoms with van der Waals surface area (Å²) in [6.45, 7) is 4.01. The van der Waals surface area contributed by atoms with E-state index in [9.17, 15) is 14.9 Å². The number of hydrogen-bond donors (Lipinski definition) is 1. The topological polar surface area (TPSA) is 78.7 Å². The van der Waals surface area contributed by atoms with Crippen LogP contribution in [0.3, 0.4) is 0 Å². The minimum atomic E-state index is -0.522. The Bertz CT molecular complexity index is 818. The maximum Gasteiger partial charge on any atom is 0.284 e. The van der Waals surface area contributed by atoms with E-state index in [1.807, 2.05) is 24.3 Å². The van der Waals surface area contributed by atoms with Gasteiger partial charge in [-0.2, -0.15) is 0 Å². The van der Waals surface area contributed by atoms with Gasteiger partial charge in [0.2, 0.25) is 0 Å². The second-order valence-corrected chi connectivity index (χ2v) is 7.07. The highest BCUT2D eigenvalue weighted by molar-refractivity contribution is 9.10. The van der Waals surface area contributed by atoms with Crippen LogP contribution < -0.4 is 10.2 Å². The van der Waals surface area contributed by atoms with Crippen molar-refractivity contribution in [3.05, 3.63) is 62.6 Å². The lowest BCUT2D eigenvalue weighted by atomic mass is 10.1. The molecule has 0 atom stereocenters. The minimum Gasteiger partial charge on any atom is -0.369 e. The van der Waals surface area contributed by atoms with E-state index in [4.69, 9.17) is 0 Å². The number of nitrogens with one attached hydrogen (secondary N) is 1. The van der Waals surface area contributed by atoms with Crippen molar-refractivity contribution in [2.45, 2.75) is 0 Å². The van der Waals surface area contributed by atoms with Gasteiger partial charge in [-0.15, -0.1) is 0 Å². The van der Waals surface area contributed by atoms with Crippen LogP contribution >= 0.6 is 15.9 Å². The average molecular weight is 419 g/mol. The molecule has 1 saturated heterocycles. The molecule has 0 aromatic heterocycles. The molecule has 2 aromatic rings. The molecule has 1 fully saturated rings. The maximum absolute atomic E-state index is 12.4. The van der Waals surface area contributed by atoms with Gasteiger partial charge in [0.25, 0.3) is 11.6 Å². The summed E-state index contributed by atoms with van der Waals surface area (Å²) in [5, 5.41) is 13.8. The second-order valence-electron chi connectivity index (χ2n) is 6.21. The summed E-state index contributed by atoms with van der Waals surface area (Å²) < 4.78 is 0.343. The first-order valence-electron chi connectivity index (χ1n) is 8.23. The van der Waals surface area contributed by atoms with Crippen molar-refractivity contribution in [3.8, 4) is 0 Å². The fraction of sp³-hybridized carbons (Fsp3) is 0.278. The summed E-state index contributed by atoms with van der Waals surface area (Å²) in [6.07, 6.45) is 0. The molecule has 26 heavy (non-hydrogen) atoms. The number of benzene rings is 2. The zero-order chi connectivity index (χ0) is 18.7. The lowest BCUT2D eigenvalue weighted by Crippen LogP contribution is -2.44. The van der Waals surface area contributed by atoms with E-state index in [1.165, 1.54) is 12.1 Å². The van der Waals surface area contributed by atoms with Gasteiger partial charge >= 0.3 is 0 Å². The minimum absolute atomic E-state index is 0.136. The molecule has 1 N–H and O–H groups in total. The van der Waals surface area contributed by atoms with Crippen molar-refractivity contribution in [2.75, 3.05) is 43.4 Å². The number of carbonyl (C=O) groups excluding carboxylic acids is 1. The molecule has 136 valence electrons. The summed E-state index contributed by atoms with van der Waals surface area (Å²) >= 11 is 3.12. The zero-order valence-corrected chi connectivity index (χ0v) is 15.9. The molecular formula is C18H19BrN4O3. The van der Waals surface area contributed by atoms with Crippen molar-refractivity contribution in [3.63, 3.8) is 0 Å². The Morgan fingerprint density at radius 1 is 1.12 bits per heavy atom. The molecular weight excluding hydrogens is 400 g/mol. The third-order valence-electron chi connectivity index (χ3n) is 4.40. The van der Waals surface area contributed by atoms with Crippen molar-refractivity contribution in [2.24, 2.45) is 0 Å². The summed E-state index contributed by atoms with van der Waals surface area (Å²) in [6, 6.07) is 12.0. The monoisotopic (exact) mass is 418 g/mol. The first-order valence-corrected chi connectivity index (χ1v) is 9.02. The number of halogens is 1. The standard InChI is InChI=1S/C18H19BrN4O3/c1-21-8-10-22(11-9-21)15-5-3-14(4-6-15)20-18(24)13-2-7-16(19)17(12-13)23(25)26/h2-7,12H,8-11H2,1H3,(H,20,24). The third-order valence-corrected chi connectivity index (χ3v) is 5.07. The molecule has 1 amide bonds. The lowest BCUT2D eigenvalue weighted by Gasteiger charge is -2.34. The Labute approximate surface area is 159 Å². The van der Waals surface area contributed by atoms with Crippen molar-refractivity contribution in [1.29, 1.82) is 0 Å². The molecule has 7 nitrogen and oxygen atoms in total. The number of likely N-dealkylation sites (N-methyl/N-ethyl adjacent to an activating group) is 1. The molecule has 3 rings (SSSR count). The number of carbonyl (C=O) groups is 1. The molecule has 0 spiro atoms. The Kier molecular flexibility index (Phi) is 5.53. The van der Waals surface area contributed by atoms with Gasteiger partial charge in [0.15, 0.2) is 0 Å². The molecule has 0 radical (unpaired) electrons. The lowest BCUT2D eigenvalue weighted by molar-refractivity contribution is -0.385. The van der Waals surface area contributed by atoms with Gasteiger partial charge in [-0.1, -0.05) is 0 Å². The van der Waals surface area contributed by atoms with Gasteiger partial charge in [0.05, 0.1) is 9.40 Å². The summed E-state index contributed by atoms with van der Waals surface area (Å²) in [7, 11) is 2.11. The second kappa shape index (κ2) is 7.84. The number of nitrogens with zero attached hydrogens (tertiary/aromatic N) is 3. The molecule has 0 unspecified atom stereocenters. The van der Waals surface area contributed by atoms with E-state index in [0.29, 0.717) is 10.2 Å². The number of rotatable bonds is 4. The number of nitro benzene ring substituents is 1. The van der Waals surface area contributed by atoms with Crippen LogP contribution in [-0.2, 0) is 0 Å². The van der Waals surface area contributed by atoms with Gasteiger partial charge in [-0.25, -0.2) is 0 Å². The van der Waals surface area contributed by atoms with Crippen LogP contribution in [0, 0.1) is 10.1 Å². The largest absolute Gasteiger partial charge is 0.369 e. The van der Waals surface area contributed by atoms with E-state index in [1.54, 1.807) is 6.07 Å².